The minimum atomic E-state index is -0.230. The lowest BCUT2D eigenvalue weighted by Gasteiger charge is -2.09. The lowest BCUT2D eigenvalue weighted by atomic mass is 10.1. The predicted molar refractivity (Wildman–Crippen MR) is 122 cm³/mol. The highest BCUT2D eigenvalue weighted by Crippen LogP contribution is 2.33. The van der Waals surface area contributed by atoms with Crippen LogP contribution in [0.5, 0.6) is 11.5 Å². The van der Waals surface area contributed by atoms with E-state index >= 15 is 0 Å². The van der Waals surface area contributed by atoms with Gasteiger partial charge in [-0.3, -0.25) is 4.79 Å². The van der Waals surface area contributed by atoms with Crippen molar-refractivity contribution in [1.82, 2.24) is 15.1 Å². The zero-order chi connectivity index (χ0) is 22.3. The number of benzene rings is 2. The Kier molecular flexibility index (Phi) is 6.36. The van der Waals surface area contributed by atoms with Crippen LogP contribution in [0.1, 0.15) is 11.3 Å². The van der Waals surface area contributed by atoms with Crippen molar-refractivity contribution < 1.29 is 18.7 Å². The van der Waals surface area contributed by atoms with Crippen LogP contribution < -0.4 is 14.8 Å². The first kappa shape index (κ1) is 21.0. The van der Waals surface area contributed by atoms with Crippen LogP contribution in [0.4, 0.5) is 0 Å². The van der Waals surface area contributed by atoms with E-state index in [0.717, 1.165) is 16.8 Å². The molecular weight excluding hydrogens is 406 g/mol. The van der Waals surface area contributed by atoms with Crippen molar-refractivity contribution in [2.24, 2.45) is 0 Å². The maximum atomic E-state index is 12.3. The number of rotatable bonds is 8. The van der Waals surface area contributed by atoms with Crippen LogP contribution in [-0.4, -0.2) is 29.9 Å². The van der Waals surface area contributed by atoms with Gasteiger partial charge < -0.3 is 19.2 Å². The molecule has 4 aromatic rings. The summed E-state index contributed by atoms with van der Waals surface area (Å²) in [6.07, 6.45) is 6.69. The number of nitrogens with zero attached hydrogens (tertiary/aromatic N) is 2. The van der Waals surface area contributed by atoms with Crippen LogP contribution in [0.25, 0.3) is 23.0 Å². The second-order valence-electron chi connectivity index (χ2n) is 6.91. The van der Waals surface area contributed by atoms with Crippen LogP contribution in [-0.2, 0) is 11.3 Å². The molecule has 0 saturated heterocycles. The van der Waals surface area contributed by atoms with Crippen LogP contribution in [0.15, 0.2) is 83.6 Å². The van der Waals surface area contributed by atoms with Crippen molar-refractivity contribution >= 4 is 12.0 Å². The summed E-state index contributed by atoms with van der Waals surface area (Å²) in [6, 6.07) is 19.0. The number of methoxy groups -OCH3 is 2. The molecule has 0 radical (unpaired) electrons. The van der Waals surface area contributed by atoms with E-state index in [9.17, 15) is 4.79 Å². The number of carbonyl (C=O) groups excluding carboxylic acids is 1. The normalized spacial score (nSPS) is 10.9. The number of carbonyl (C=O) groups is 1. The SMILES string of the molecule is COc1ccc(-c2nn(-c3ccccc3)cc2/C=C/C(=O)NCc2ccco2)cc1OC. The van der Waals surface area contributed by atoms with Gasteiger partial charge in [-0.25, -0.2) is 4.68 Å². The Hall–Kier alpha value is -4.26. The van der Waals surface area contributed by atoms with Gasteiger partial charge in [0.05, 0.1) is 32.7 Å². The fourth-order valence-corrected chi connectivity index (χ4v) is 3.24. The Morgan fingerprint density at radius 2 is 1.88 bits per heavy atom. The highest BCUT2D eigenvalue weighted by Gasteiger charge is 2.14. The molecule has 162 valence electrons. The third-order valence-electron chi connectivity index (χ3n) is 4.85. The van der Waals surface area contributed by atoms with E-state index in [0.29, 0.717) is 29.5 Å². The predicted octanol–water partition coefficient (Wildman–Crippen LogP) is 4.48. The number of ether oxygens (including phenoxy) is 2. The average molecular weight is 429 g/mol. The van der Waals surface area contributed by atoms with Gasteiger partial charge in [0.2, 0.25) is 5.91 Å². The average Bonchev–Trinajstić information content (AvgIpc) is 3.51. The van der Waals surface area contributed by atoms with Crippen molar-refractivity contribution in [1.29, 1.82) is 0 Å². The first-order chi connectivity index (χ1) is 15.7. The van der Waals surface area contributed by atoms with Crippen molar-refractivity contribution in [3.63, 3.8) is 0 Å². The molecule has 0 aliphatic rings. The van der Waals surface area contributed by atoms with E-state index in [2.05, 4.69) is 5.32 Å². The second kappa shape index (κ2) is 9.70. The molecule has 0 saturated carbocycles. The number of amides is 1. The zero-order valence-corrected chi connectivity index (χ0v) is 17.8. The highest BCUT2D eigenvalue weighted by molar-refractivity contribution is 5.92. The molecule has 0 unspecified atom stereocenters. The maximum Gasteiger partial charge on any atom is 0.244 e. The Bertz CT molecular complexity index is 1210. The summed E-state index contributed by atoms with van der Waals surface area (Å²) in [7, 11) is 3.19. The van der Waals surface area contributed by atoms with E-state index in [1.165, 1.54) is 6.08 Å². The molecule has 0 bridgehead atoms. The molecule has 0 atom stereocenters. The molecule has 2 aromatic carbocycles. The quantitative estimate of drug-likeness (QED) is 0.418. The van der Waals surface area contributed by atoms with E-state index in [1.54, 1.807) is 37.3 Å². The molecule has 7 heteroatoms. The van der Waals surface area contributed by atoms with Crippen LogP contribution in [0.2, 0.25) is 0 Å². The molecular formula is C25H23N3O4. The summed E-state index contributed by atoms with van der Waals surface area (Å²) >= 11 is 0. The van der Waals surface area contributed by atoms with Gasteiger partial charge in [-0.2, -0.15) is 5.10 Å². The third-order valence-corrected chi connectivity index (χ3v) is 4.85. The van der Waals surface area contributed by atoms with Crippen molar-refractivity contribution in [3.8, 4) is 28.4 Å². The van der Waals surface area contributed by atoms with E-state index < -0.39 is 0 Å². The molecule has 1 amide bonds. The van der Waals surface area contributed by atoms with E-state index in [4.69, 9.17) is 19.0 Å². The Balaban J connectivity index is 1.65. The van der Waals surface area contributed by atoms with Crippen LogP contribution >= 0.6 is 0 Å². The van der Waals surface area contributed by atoms with Gasteiger partial charge >= 0.3 is 0 Å². The second-order valence-corrected chi connectivity index (χ2v) is 6.91. The highest BCUT2D eigenvalue weighted by atomic mass is 16.5. The van der Waals surface area contributed by atoms with Crippen molar-refractivity contribution in [2.45, 2.75) is 6.54 Å². The number of aromatic nitrogens is 2. The van der Waals surface area contributed by atoms with Crippen molar-refractivity contribution in [3.05, 3.63) is 90.5 Å². The largest absolute Gasteiger partial charge is 0.493 e. The number of hydrogen-bond acceptors (Lipinski definition) is 5. The van der Waals surface area contributed by atoms with Gasteiger partial charge in [0.1, 0.15) is 11.5 Å². The first-order valence-electron chi connectivity index (χ1n) is 10.0. The van der Waals surface area contributed by atoms with E-state index in [-0.39, 0.29) is 5.91 Å². The van der Waals surface area contributed by atoms with Crippen LogP contribution in [0.3, 0.4) is 0 Å². The molecule has 0 aliphatic carbocycles. The topological polar surface area (TPSA) is 78.5 Å². The monoisotopic (exact) mass is 429 g/mol. The Morgan fingerprint density at radius 1 is 1.06 bits per heavy atom. The van der Waals surface area contributed by atoms with Gasteiger partial charge in [0.25, 0.3) is 0 Å². The Morgan fingerprint density at radius 3 is 2.59 bits per heavy atom. The summed E-state index contributed by atoms with van der Waals surface area (Å²) in [5.74, 6) is 1.69. The first-order valence-corrected chi connectivity index (χ1v) is 10.0. The third kappa shape index (κ3) is 4.73. The zero-order valence-electron chi connectivity index (χ0n) is 17.8. The Labute approximate surface area is 185 Å². The standard InChI is InChI=1S/C25H23N3O4/c1-30-22-12-10-18(15-23(22)31-2)25-19(17-28(27-25)20-7-4-3-5-8-20)11-13-24(29)26-16-21-9-6-14-32-21/h3-15,17H,16H2,1-2H3,(H,26,29)/b13-11+. The summed E-state index contributed by atoms with van der Waals surface area (Å²) in [5.41, 5.74) is 3.25. The fourth-order valence-electron chi connectivity index (χ4n) is 3.24. The van der Waals surface area contributed by atoms with Gasteiger partial charge in [-0.1, -0.05) is 18.2 Å². The van der Waals surface area contributed by atoms with E-state index in [1.807, 2.05) is 60.8 Å². The molecule has 7 nitrogen and oxygen atoms in total. The fraction of sp³-hybridized carbons (Fsp3) is 0.120. The maximum absolute atomic E-state index is 12.3. The van der Waals surface area contributed by atoms with Gasteiger partial charge in [0.15, 0.2) is 11.5 Å². The smallest absolute Gasteiger partial charge is 0.244 e. The summed E-state index contributed by atoms with van der Waals surface area (Å²) in [6.45, 7) is 0.321. The molecule has 0 spiro atoms. The number of para-hydroxylation sites is 1. The lowest BCUT2D eigenvalue weighted by Crippen LogP contribution is -2.19. The number of nitrogens with one attached hydrogen (secondary N) is 1. The number of furan rings is 1. The number of hydrogen-bond donors (Lipinski definition) is 1. The summed E-state index contributed by atoms with van der Waals surface area (Å²) < 4.78 is 17.8. The van der Waals surface area contributed by atoms with Gasteiger partial charge in [-0.05, 0) is 48.5 Å². The summed E-state index contributed by atoms with van der Waals surface area (Å²) in [5, 5.41) is 7.57. The molecule has 32 heavy (non-hydrogen) atoms. The molecule has 4 rings (SSSR count). The molecule has 0 fully saturated rings. The van der Waals surface area contributed by atoms with Crippen LogP contribution in [0, 0.1) is 0 Å². The minimum Gasteiger partial charge on any atom is -0.493 e. The van der Waals surface area contributed by atoms with Gasteiger partial charge in [0, 0.05) is 23.4 Å². The molecule has 1 N–H and O–H groups in total. The molecule has 2 aromatic heterocycles. The lowest BCUT2D eigenvalue weighted by molar-refractivity contribution is -0.116. The van der Waals surface area contributed by atoms with Crippen molar-refractivity contribution in [2.75, 3.05) is 14.2 Å². The van der Waals surface area contributed by atoms with Gasteiger partial charge in [-0.15, -0.1) is 0 Å². The summed E-state index contributed by atoms with van der Waals surface area (Å²) in [4.78, 5) is 12.3. The minimum absolute atomic E-state index is 0.230. The molecule has 2 heterocycles. The molecule has 0 aliphatic heterocycles.